The number of esters is 2. The minimum atomic E-state index is -0.511. The molecule has 0 spiro atoms. The van der Waals surface area contributed by atoms with Gasteiger partial charge in [-0.05, 0) is 52.8 Å². The van der Waals surface area contributed by atoms with E-state index in [0.29, 0.717) is 4.88 Å². The molecule has 0 aliphatic rings. The van der Waals surface area contributed by atoms with Gasteiger partial charge in [0.2, 0.25) is 0 Å². The normalized spacial score (nSPS) is 11.9. The molecule has 0 aromatic carbocycles. The van der Waals surface area contributed by atoms with E-state index in [-0.39, 0.29) is 12.1 Å². The second-order valence-corrected chi connectivity index (χ2v) is 6.64. The van der Waals surface area contributed by atoms with Gasteiger partial charge in [0.25, 0.3) is 0 Å². The van der Waals surface area contributed by atoms with E-state index in [1.807, 2.05) is 20.8 Å². The van der Waals surface area contributed by atoms with Crippen LogP contribution in [0, 0.1) is 0 Å². The molecule has 0 atom stereocenters. The minimum absolute atomic E-state index is 0.148. The summed E-state index contributed by atoms with van der Waals surface area (Å²) in [5.41, 5.74) is -0.511. The summed E-state index contributed by atoms with van der Waals surface area (Å²) in [4.78, 5) is 24.5. The molecule has 1 aromatic rings. The Morgan fingerprint density at radius 1 is 1.25 bits per heavy atom. The summed E-state index contributed by atoms with van der Waals surface area (Å²) in [7, 11) is 0. The maximum Gasteiger partial charge on any atom is 0.348 e. The minimum Gasteiger partial charge on any atom is -0.459 e. The van der Waals surface area contributed by atoms with Gasteiger partial charge in [-0.15, -0.1) is 11.3 Å². The Hall–Kier alpha value is -1.62. The van der Waals surface area contributed by atoms with Crippen LogP contribution < -0.4 is 0 Å². The van der Waals surface area contributed by atoms with Gasteiger partial charge in [-0.1, -0.05) is 0 Å². The topological polar surface area (TPSA) is 52.6 Å². The quantitative estimate of drug-likeness (QED) is 0.628. The molecular formula is C15H20O4S. The summed E-state index contributed by atoms with van der Waals surface area (Å²) in [6, 6.07) is 3.45. The monoisotopic (exact) mass is 296 g/mol. The third-order valence-electron chi connectivity index (χ3n) is 1.96. The fourth-order valence-corrected chi connectivity index (χ4v) is 2.10. The standard InChI is InChI=1S/C15H20O4S/c1-10(2)18-14(17)12-8-6-11(20-12)7-9-13(16)19-15(3,4)5/h6-10H,1-5H3. The molecule has 0 saturated carbocycles. The number of ether oxygens (including phenoxy) is 2. The molecule has 110 valence electrons. The summed E-state index contributed by atoms with van der Waals surface area (Å²) < 4.78 is 10.3. The summed E-state index contributed by atoms with van der Waals surface area (Å²) in [6.07, 6.45) is 2.84. The largest absolute Gasteiger partial charge is 0.459 e. The molecule has 1 aromatic heterocycles. The predicted octanol–water partition coefficient (Wildman–Crippen LogP) is 3.67. The van der Waals surface area contributed by atoms with Crippen LogP contribution in [0.15, 0.2) is 18.2 Å². The lowest BCUT2D eigenvalue weighted by Crippen LogP contribution is -2.22. The molecule has 20 heavy (non-hydrogen) atoms. The van der Waals surface area contributed by atoms with Gasteiger partial charge in [-0.3, -0.25) is 0 Å². The highest BCUT2D eigenvalue weighted by molar-refractivity contribution is 7.14. The Bertz CT molecular complexity index is 506. The number of thiophene rings is 1. The van der Waals surface area contributed by atoms with E-state index in [1.54, 1.807) is 32.1 Å². The van der Waals surface area contributed by atoms with E-state index < -0.39 is 11.6 Å². The van der Waals surface area contributed by atoms with Gasteiger partial charge in [-0.25, -0.2) is 9.59 Å². The second-order valence-electron chi connectivity index (χ2n) is 5.52. The van der Waals surface area contributed by atoms with Crippen LogP contribution in [-0.2, 0) is 14.3 Å². The molecular weight excluding hydrogens is 276 g/mol. The highest BCUT2D eigenvalue weighted by Crippen LogP contribution is 2.19. The molecule has 0 amide bonds. The van der Waals surface area contributed by atoms with Crippen molar-refractivity contribution >= 4 is 29.4 Å². The number of carbonyl (C=O) groups excluding carboxylic acids is 2. The van der Waals surface area contributed by atoms with Crippen LogP contribution >= 0.6 is 11.3 Å². The lowest BCUT2D eigenvalue weighted by molar-refractivity contribution is -0.148. The van der Waals surface area contributed by atoms with E-state index >= 15 is 0 Å². The van der Waals surface area contributed by atoms with Gasteiger partial charge in [0.15, 0.2) is 0 Å². The van der Waals surface area contributed by atoms with Crippen molar-refractivity contribution in [2.75, 3.05) is 0 Å². The highest BCUT2D eigenvalue weighted by Gasteiger charge is 2.14. The first kappa shape index (κ1) is 16.4. The first-order chi connectivity index (χ1) is 9.17. The van der Waals surface area contributed by atoms with Crippen molar-refractivity contribution in [3.63, 3.8) is 0 Å². The molecule has 0 radical (unpaired) electrons. The Labute approximate surface area is 123 Å². The van der Waals surface area contributed by atoms with Crippen molar-refractivity contribution in [1.82, 2.24) is 0 Å². The molecule has 0 saturated heterocycles. The fraction of sp³-hybridized carbons (Fsp3) is 0.467. The first-order valence-corrected chi connectivity index (χ1v) is 7.21. The van der Waals surface area contributed by atoms with E-state index in [2.05, 4.69) is 0 Å². The number of rotatable bonds is 4. The van der Waals surface area contributed by atoms with Crippen LogP contribution in [0.2, 0.25) is 0 Å². The van der Waals surface area contributed by atoms with Crippen LogP contribution in [0.3, 0.4) is 0 Å². The van der Waals surface area contributed by atoms with Crippen LogP contribution in [0.4, 0.5) is 0 Å². The molecule has 5 heteroatoms. The van der Waals surface area contributed by atoms with Gasteiger partial charge in [0.05, 0.1) is 6.10 Å². The number of hydrogen-bond acceptors (Lipinski definition) is 5. The van der Waals surface area contributed by atoms with Gasteiger partial charge < -0.3 is 9.47 Å². The Morgan fingerprint density at radius 3 is 2.45 bits per heavy atom. The SMILES string of the molecule is CC(C)OC(=O)c1ccc(C=CC(=O)OC(C)(C)C)s1. The zero-order valence-electron chi connectivity index (χ0n) is 12.4. The average molecular weight is 296 g/mol. The molecule has 1 rings (SSSR count). The van der Waals surface area contributed by atoms with Gasteiger partial charge >= 0.3 is 11.9 Å². The van der Waals surface area contributed by atoms with Crippen molar-refractivity contribution in [2.24, 2.45) is 0 Å². The van der Waals surface area contributed by atoms with Crippen molar-refractivity contribution < 1.29 is 19.1 Å². The number of hydrogen-bond donors (Lipinski definition) is 0. The zero-order chi connectivity index (χ0) is 15.3. The van der Waals surface area contributed by atoms with Crippen LogP contribution in [0.1, 0.15) is 49.2 Å². The summed E-state index contributed by atoms with van der Waals surface area (Å²) in [6.45, 7) is 9.03. The molecule has 0 fully saturated rings. The van der Waals surface area contributed by atoms with Gasteiger partial charge in [-0.2, -0.15) is 0 Å². The van der Waals surface area contributed by atoms with Crippen molar-refractivity contribution in [3.05, 3.63) is 28.0 Å². The maximum absolute atomic E-state index is 11.7. The van der Waals surface area contributed by atoms with Gasteiger partial charge in [0.1, 0.15) is 10.5 Å². The Balaban J connectivity index is 2.64. The summed E-state index contributed by atoms with van der Waals surface area (Å²) in [5.74, 6) is -0.751. The third-order valence-corrected chi connectivity index (χ3v) is 2.99. The number of carbonyl (C=O) groups is 2. The van der Waals surface area contributed by atoms with E-state index in [0.717, 1.165) is 4.88 Å². The second kappa shape index (κ2) is 6.70. The van der Waals surface area contributed by atoms with Crippen molar-refractivity contribution in [1.29, 1.82) is 0 Å². The predicted molar refractivity (Wildman–Crippen MR) is 79.7 cm³/mol. The summed E-state index contributed by atoms with van der Waals surface area (Å²) in [5, 5.41) is 0. The van der Waals surface area contributed by atoms with Crippen molar-refractivity contribution in [2.45, 2.75) is 46.3 Å². The van der Waals surface area contributed by atoms with E-state index in [1.165, 1.54) is 17.4 Å². The molecule has 0 bridgehead atoms. The molecule has 0 aliphatic carbocycles. The Morgan fingerprint density at radius 2 is 1.90 bits per heavy atom. The van der Waals surface area contributed by atoms with Crippen LogP contribution in [0.25, 0.3) is 6.08 Å². The average Bonchev–Trinajstić information content (AvgIpc) is 2.71. The molecule has 4 nitrogen and oxygen atoms in total. The molecule has 0 unspecified atom stereocenters. The highest BCUT2D eigenvalue weighted by atomic mass is 32.1. The zero-order valence-corrected chi connectivity index (χ0v) is 13.2. The van der Waals surface area contributed by atoms with Gasteiger partial charge in [0, 0.05) is 11.0 Å². The smallest absolute Gasteiger partial charge is 0.348 e. The first-order valence-electron chi connectivity index (χ1n) is 6.39. The van der Waals surface area contributed by atoms with E-state index in [9.17, 15) is 9.59 Å². The Kier molecular flexibility index (Phi) is 5.51. The molecule has 0 N–H and O–H groups in total. The van der Waals surface area contributed by atoms with Crippen LogP contribution in [0.5, 0.6) is 0 Å². The van der Waals surface area contributed by atoms with E-state index in [4.69, 9.17) is 9.47 Å². The maximum atomic E-state index is 11.7. The lowest BCUT2D eigenvalue weighted by atomic mass is 10.2. The third kappa shape index (κ3) is 6.02. The molecule has 1 heterocycles. The summed E-state index contributed by atoms with van der Waals surface area (Å²) >= 11 is 1.27. The fourth-order valence-electron chi connectivity index (χ4n) is 1.31. The van der Waals surface area contributed by atoms with Crippen LogP contribution in [-0.4, -0.2) is 23.6 Å². The molecule has 0 aliphatic heterocycles. The lowest BCUT2D eigenvalue weighted by Gasteiger charge is -2.17. The van der Waals surface area contributed by atoms with Crippen molar-refractivity contribution in [3.8, 4) is 0 Å².